The number of ether oxygens (including phenoxy) is 4. The molecule has 0 atom stereocenters. The highest BCUT2D eigenvalue weighted by Gasteiger charge is 2.24. The van der Waals surface area contributed by atoms with Crippen LogP contribution in [-0.4, -0.2) is 69.6 Å². The topological polar surface area (TPSA) is 106 Å². The van der Waals surface area contributed by atoms with Crippen LogP contribution in [0.1, 0.15) is 0 Å². The highest BCUT2D eigenvalue weighted by atomic mass is 16.5. The molecule has 0 bridgehead atoms. The Morgan fingerprint density at radius 3 is 2.10 bits per heavy atom. The fraction of sp³-hybridized carbons (Fsp3) is 0.276. The number of piperazine rings is 1. The molecule has 1 fully saturated rings. The molecule has 1 aliphatic heterocycles. The molecule has 0 radical (unpaired) electrons. The molecule has 2 N–H and O–H groups in total. The monoisotopic (exact) mass is 543 g/mol. The maximum Gasteiger partial charge on any atom is 0.241 e. The quantitative estimate of drug-likeness (QED) is 0.295. The number of nitrogens with one attached hydrogen (secondary N) is 2. The van der Waals surface area contributed by atoms with Crippen molar-refractivity contribution in [2.75, 3.05) is 69.7 Å². The summed E-state index contributed by atoms with van der Waals surface area (Å²) < 4.78 is 22.2. The summed E-state index contributed by atoms with van der Waals surface area (Å²) in [5.41, 5.74) is 2.30. The molecule has 0 unspecified atom stereocenters. The zero-order valence-corrected chi connectivity index (χ0v) is 23.0. The second kappa shape index (κ2) is 12.4. The van der Waals surface area contributed by atoms with Crippen molar-refractivity contribution in [1.29, 1.82) is 0 Å². The van der Waals surface area contributed by atoms with Crippen molar-refractivity contribution in [3.05, 3.63) is 66.7 Å². The predicted octanol–water partition coefficient (Wildman–Crippen LogP) is 4.53. The zero-order chi connectivity index (χ0) is 27.9. The molecule has 0 saturated carbocycles. The second-order valence-corrected chi connectivity index (χ2v) is 8.90. The minimum Gasteiger partial charge on any atom is -0.497 e. The number of anilines is 6. The summed E-state index contributed by atoms with van der Waals surface area (Å²) in [5, 5.41) is 6.72. The van der Waals surface area contributed by atoms with Gasteiger partial charge in [0.25, 0.3) is 0 Å². The van der Waals surface area contributed by atoms with Crippen LogP contribution in [0.15, 0.2) is 66.7 Å². The molecule has 1 saturated heterocycles. The molecule has 1 aromatic heterocycles. The van der Waals surface area contributed by atoms with Crippen molar-refractivity contribution >= 4 is 34.9 Å². The standard InChI is InChI=1S/C29H33N7O4/c1-37-21-10-12-23(25(18-21)39-3)31-27-32-28(35-16-14-30-15-17-35)34-29(33-27)36(20-8-6-5-7-9-20)24-13-11-22(38-2)19-26(24)40-4/h5-13,18-19,30H,14-17H2,1-4H3,(H,31,32,33,34). The maximum absolute atomic E-state index is 5.78. The van der Waals surface area contributed by atoms with Gasteiger partial charge in [0.15, 0.2) is 0 Å². The SMILES string of the molecule is COc1ccc(Nc2nc(N3CCNCC3)nc(N(c3ccccc3)c3ccc(OC)cc3OC)n2)c(OC)c1. The van der Waals surface area contributed by atoms with Crippen molar-refractivity contribution in [1.82, 2.24) is 20.3 Å². The van der Waals surface area contributed by atoms with Crippen LogP contribution in [0.5, 0.6) is 23.0 Å². The van der Waals surface area contributed by atoms with Crippen molar-refractivity contribution in [2.24, 2.45) is 0 Å². The molecular formula is C29H33N7O4. The first-order valence-corrected chi connectivity index (χ1v) is 12.9. The van der Waals surface area contributed by atoms with Gasteiger partial charge in [-0.2, -0.15) is 15.0 Å². The van der Waals surface area contributed by atoms with Crippen LogP contribution in [0.3, 0.4) is 0 Å². The highest BCUT2D eigenvalue weighted by molar-refractivity contribution is 5.78. The van der Waals surface area contributed by atoms with Gasteiger partial charge in [-0.1, -0.05) is 18.2 Å². The molecule has 3 aromatic carbocycles. The normalized spacial score (nSPS) is 12.9. The van der Waals surface area contributed by atoms with E-state index < -0.39 is 0 Å². The molecule has 4 aromatic rings. The molecule has 0 aliphatic carbocycles. The van der Waals surface area contributed by atoms with Crippen LogP contribution >= 0.6 is 0 Å². The van der Waals surface area contributed by atoms with Crippen LogP contribution in [0, 0.1) is 0 Å². The van der Waals surface area contributed by atoms with Gasteiger partial charge in [0, 0.05) is 44.0 Å². The lowest BCUT2D eigenvalue weighted by Gasteiger charge is -2.30. The molecule has 0 amide bonds. The third-order valence-corrected chi connectivity index (χ3v) is 6.51. The van der Waals surface area contributed by atoms with Gasteiger partial charge < -0.3 is 34.5 Å². The Bertz CT molecular complexity index is 1430. The lowest BCUT2D eigenvalue weighted by Crippen LogP contribution is -2.44. The molecular weight excluding hydrogens is 510 g/mol. The average Bonchev–Trinajstić information content (AvgIpc) is 3.02. The Morgan fingerprint density at radius 1 is 0.750 bits per heavy atom. The molecule has 2 heterocycles. The van der Waals surface area contributed by atoms with Gasteiger partial charge in [-0.05, 0) is 36.4 Å². The number of methoxy groups -OCH3 is 4. The van der Waals surface area contributed by atoms with Crippen LogP contribution in [-0.2, 0) is 0 Å². The molecule has 11 heteroatoms. The summed E-state index contributed by atoms with van der Waals surface area (Å²) in [6.45, 7) is 3.22. The summed E-state index contributed by atoms with van der Waals surface area (Å²) in [6, 6.07) is 21.1. The molecule has 0 spiro atoms. The van der Waals surface area contributed by atoms with Crippen molar-refractivity contribution in [2.45, 2.75) is 0 Å². The van der Waals surface area contributed by atoms with Gasteiger partial charge in [0.2, 0.25) is 17.8 Å². The Labute approximate surface area is 233 Å². The number of hydrogen-bond acceptors (Lipinski definition) is 11. The molecule has 5 rings (SSSR count). The number of hydrogen-bond donors (Lipinski definition) is 2. The van der Waals surface area contributed by atoms with Gasteiger partial charge in [0.1, 0.15) is 23.0 Å². The van der Waals surface area contributed by atoms with E-state index in [4.69, 9.17) is 33.9 Å². The number of benzene rings is 3. The highest BCUT2D eigenvalue weighted by Crippen LogP contribution is 2.41. The largest absolute Gasteiger partial charge is 0.497 e. The third-order valence-electron chi connectivity index (χ3n) is 6.51. The fourth-order valence-corrected chi connectivity index (χ4v) is 4.45. The first kappa shape index (κ1) is 26.8. The second-order valence-electron chi connectivity index (χ2n) is 8.90. The number of aromatic nitrogens is 3. The van der Waals surface area contributed by atoms with E-state index in [9.17, 15) is 0 Å². The van der Waals surface area contributed by atoms with Gasteiger partial charge in [-0.3, -0.25) is 4.90 Å². The maximum atomic E-state index is 5.78. The van der Waals surface area contributed by atoms with E-state index >= 15 is 0 Å². The summed E-state index contributed by atoms with van der Waals surface area (Å²) in [4.78, 5) is 18.8. The van der Waals surface area contributed by atoms with E-state index in [1.165, 1.54) is 0 Å². The molecule has 11 nitrogen and oxygen atoms in total. The molecule has 40 heavy (non-hydrogen) atoms. The summed E-state index contributed by atoms with van der Waals surface area (Å²) in [7, 11) is 6.48. The van der Waals surface area contributed by atoms with Crippen molar-refractivity contribution in [3.63, 3.8) is 0 Å². The minimum absolute atomic E-state index is 0.371. The lowest BCUT2D eigenvalue weighted by atomic mass is 10.2. The smallest absolute Gasteiger partial charge is 0.241 e. The van der Waals surface area contributed by atoms with Crippen LogP contribution in [0.25, 0.3) is 0 Å². The zero-order valence-electron chi connectivity index (χ0n) is 23.0. The Kier molecular flexibility index (Phi) is 8.31. The first-order valence-electron chi connectivity index (χ1n) is 12.9. The Balaban J connectivity index is 1.66. The van der Waals surface area contributed by atoms with E-state index in [-0.39, 0.29) is 0 Å². The fourth-order valence-electron chi connectivity index (χ4n) is 4.45. The van der Waals surface area contributed by atoms with E-state index in [1.54, 1.807) is 34.5 Å². The number of para-hydroxylation sites is 1. The minimum atomic E-state index is 0.371. The van der Waals surface area contributed by atoms with Crippen molar-refractivity contribution < 1.29 is 18.9 Å². The Morgan fingerprint density at radius 2 is 1.43 bits per heavy atom. The van der Waals surface area contributed by atoms with Gasteiger partial charge >= 0.3 is 0 Å². The lowest BCUT2D eigenvalue weighted by molar-refractivity contribution is 0.395. The van der Waals surface area contributed by atoms with Crippen LogP contribution in [0.2, 0.25) is 0 Å². The summed E-state index contributed by atoms with van der Waals surface area (Å²) >= 11 is 0. The first-order chi connectivity index (χ1) is 19.6. The van der Waals surface area contributed by atoms with E-state index in [1.807, 2.05) is 65.6 Å². The van der Waals surface area contributed by atoms with E-state index in [2.05, 4.69) is 15.5 Å². The summed E-state index contributed by atoms with van der Waals surface area (Å²) in [6.07, 6.45) is 0. The van der Waals surface area contributed by atoms with Gasteiger partial charge in [-0.15, -0.1) is 0 Å². The number of nitrogens with zero attached hydrogens (tertiary/aromatic N) is 5. The van der Waals surface area contributed by atoms with Gasteiger partial charge in [0.05, 0.1) is 39.8 Å². The third kappa shape index (κ3) is 5.79. The van der Waals surface area contributed by atoms with Crippen molar-refractivity contribution in [3.8, 4) is 23.0 Å². The summed E-state index contributed by atoms with van der Waals surface area (Å²) in [5.74, 6) is 3.93. The van der Waals surface area contributed by atoms with Crippen LogP contribution in [0.4, 0.5) is 34.9 Å². The molecule has 1 aliphatic rings. The number of rotatable bonds is 10. The average molecular weight is 544 g/mol. The van der Waals surface area contributed by atoms with E-state index in [0.717, 1.165) is 37.6 Å². The van der Waals surface area contributed by atoms with E-state index in [0.29, 0.717) is 46.5 Å². The Hall–Kier alpha value is -4.77. The predicted molar refractivity (Wildman–Crippen MR) is 156 cm³/mol. The molecule has 208 valence electrons. The van der Waals surface area contributed by atoms with Gasteiger partial charge in [-0.25, -0.2) is 0 Å². The van der Waals surface area contributed by atoms with Crippen LogP contribution < -0.4 is 39.4 Å².